The fourth-order valence-electron chi connectivity index (χ4n) is 2.04. The predicted molar refractivity (Wildman–Crippen MR) is 68.9 cm³/mol. The third-order valence-electron chi connectivity index (χ3n) is 3.20. The van der Waals surface area contributed by atoms with Crippen molar-refractivity contribution in [2.24, 2.45) is 5.92 Å². The molecule has 1 saturated heterocycles. The van der Waals surface area contributed by atoms with Crippen LogP contribution in [0.5, 0.6) is 0 Å². The van der Waals surface area contributed by atoms with Crippen molar-refractivity contribution in [3.63, 3.8) is 0 Å². The first-order valence-electron chi connectivity index (χ1n) is 5.65. The van der Waals surface area contributed by atoms with Crippen LogP contribution in [0.4, 0.5) is 0 Å². The lowest BCUT2D eigenvalue weighted by Gasteiger charge is -2.30. The van der Waals surface area contributed by atoms with Crippen molar-refractivity contribution in [1.82, 2.24) is 9.29 Å². The molecule has 0 N–H and O–H groups in total. The Hall–Kier alpha value is -0.170. The number of thiazole rings is 1. The van der Waals surface area contributed by atoms with Gasteiger partial charge in [-0.2, -0.15) is 4.31 Å². The molecule has 7 heteroatoms. The number of halogens is 1. The molecule has 0 radical (unpaired) electrons. The molecule has 0 atom stereocenters. The van der Waals surface area contributed by atoms with Crippen LogP contribution in [0.1, 0.15) is 26.2 Å². The Morgan fingerprint density at radius 3 is 2.65 bits per heavy atom. The minimum Gasteiger partial charge on any atom is -0.232 e. The van der Waals surface area contributed by atoms with E-state index in [1.54, 1.807) is 4.31 Å². The van der Waals surface area contributed by atoms with Crippen molar-refractivity contribution >= 4 is 33.0 Å². The van der Waals surface area contributed by atoms with Crippen molar-refractivity contribution in [2.45, 2.75) is 30.4 Å². The average molecular weight is 295 g/mol. The van der Waals surface area contributed by atoms with Gasteiger partial charge in [-0.3, -0.25) is 0 Å². The number of hydrogen-bond donors (Lipinski definition) is 0. The van der Waals surface area contributed by atoms with Crippen LogP contribution in [0, 0.1) is 5.92 Å². The molecule has 0 bridgehead atoms. The van der Waals surface area contributed by atoms with Crippen LogP contribution < -0.4 is 0 Å². The lowest BCUT2D eigenvalue weighted by molar-refractivity contribution is 0.269. The highest BCUT2D eigenvalue weighted by Crippen LogP contribution is 2.29. The topological polar surface area (TPSA) is 50.3 Å². The molecular formula is C10H15ClN2O2S2. The van der Waals surface area contributed by atoms with E-state index >= 15 is 0 Å². The third-order valence-corrected chi connectivity index (χ3v) is 6.65. The second-order valence-corrected chi connectivity index (χ2v) is 7.97. The summed E-state index contributed by atoms with van der Waals surface area (Å²) in [7, 11) is -3.37. The van der Waals surface area contributed by atoms with Crippen molar-refractivity contribution in [3.05, 3.63) is 10.7 Å². The predicted octanol–water partition coefficient (Wildman–Crippen LogP) is 2.61. The molecule has 0 aliphatic carbocycles. The van der Waals surface area contributed by atoms with Gasteiger partial charge in [-0.05, 0) is 18.8 Å². The van der Waals surface area contributed by atoms with Gasteiger partial charge in [0.2, 0.25) is 0 Å². The van der Waals surface area contributed by atoms with Gasteiger partial charge in [-0.1, -0.05) is 36.3 Å². The summed E-state index contributed by atoms with van der Waals surface area (Å²) in [6, 6.07) is 0. The van der Waals surface area contributed by atoms with Gasteiger partial charge in [0.25, 0.3) is 10.0 Å². The largest absolute Gasteiger partial charge is 0.254 e. The van der Waals surface area contributed by atoms with Crippen molar-refractivity contribution in [3.8, 4) is 0 Å². The Balaban J connectivity index is 2.12. The number of sulfonamides is 1. The average Bonchev–Trinajstić information content (AvgIpc) is 2.77. The molecule has 4 nitrogen and oxygen atoms in total. The lowest BCUT2D eigenvalue weighted by atomic mass is 9.96. The molecule has 1 aliphatic rings. The number of hydrogen-bond acceptors (Lipinski definition) is 4. The highest BCUT2D eigenvalue weighted by atomic mass is 35.5. The maximum absolute atomic E-state index is 12.2. The van der Waals surface area contributed by atoms with Gasteiger partial charge in [-0.15, -0.1) is 0 Å². The van der Waals surface area contributed by atoms with Crippen molar-refractivity contribution < 1.29 is 8.42 Å². The molecule has 1 aromatic heterocycles. The summed E-state index contributed by atoms with van der Waals surface area (Å²) in [5.74, 6) is 0.659. The van der Waals surface area contributed by atoms with Crippen LogP contribution in [-0.2, 0) is 10.0 Å². The number of aromatic nitrogens is 1. The first-order valence-corrected chi connectivity index (χ1v) is 8.29. The molecule has 96 valence electrons. The zero-order valence-electron chi connectivity index (χ0n) is 9.60. The summed E-state index contributed by atoms with van der Waals surface area (Å²) in [4.78, 5) is 3.79. The standard InChI is InChI=1S/C10H15ClN2O2S2/c1-2-8-3-5-13(6-4-8)17(14,15)9-7-12-10(11)16-9/h7-8H,2-6H2,1H3. The molecule has 17 heavy (non-hydrogen) atoms. The van der Waals surface area contributed by atoms with Crippen LogP contribution in [0.3, 0.4) is 0 Å². The lowest BCUT2D eigenvalue weighted by Crippen LogP contribution is -2.37. The Kier molecular flexibility index (Phi) is 4.07. The zero-order chi connectivity index (χ0) is 12.5. The smallest absolute Gasteiger partial charge is 0.232 e. The first kappa shape index (κ1) is 13.3. The van der Waals surface area contributed by atoms with Gasteiger partial charge in [0, 0.05) is 13.1 Å². The van der Waals surface area contributed by atoms with E-state index in [9.17, 15) is 8.42 Å². The molecule has 2 rings (SSSR count). The fraction of sp³-hybridized carbons (Fsp3) is 0.700. The molecule has 0 aromatic carbocycles. The van der Waals surface area contributed by atoms with E-state index in [1.165, 1.54) is 6.20 Å². The first-order chi connectivity index (χ1) is 8.04. The van der Waals surface area contributed by atoms with Gasteiger partial charge in [0.15, 0.2) is 8.68 Å². The van der Waals surface area contributed by atoms with Crippen LogP contribution in [0.15, 0.2) is 10.4 Å². The van der Waals surface area contributed by atoms with Crippen molar-refractivity contribution in [2.75, 3.05) is 13.1 Å². The summed E-state index contributed by atoms with van der Waals surface area (Å²) in [5.41, 5.74) is 0. The Morgan fingerprint density at radius 1 is 1.53 bits per heavy atom. The van der Waals surface area contributed by atoms with E-state index in [-0.39, 0.29) is 8.68 Å². The van der Waals surface area contributed by atoms with Gasteiger partial charge in [0.05, 0.1) is 6.20 Å². The molecule has 0 spiro atoms. The summed E-state index contributed by atoms with van der Waals surface area (Å²) >= 11 is 6.70. The van der Waals surface area contributed by atoms with Gasteiger partial charge >= 0.3 is 0 Å². The van der Waals surface area contributed by atoms with E-state index in [0.717, 1.165) is 30.6 Å². The van der Waals surface area contributed by atoms with E-state index in [1.807, 2.05) is 0 Å². The Bertz CT molecular complexity index is 478. The second kappa shape index (κ2) is 5.22. The van der Waals surface area contributed by atoms with E-state index in [2.05, 4.69) is 11.9 Å². The van der Waals surface area contributed by atoms with Crippen LogP contribution in [0.25, 0.3) is 0 Å². The monoisotopic (exact) mass is 294 g/mol. The van der Waals surface area contributed by atoms with Gasteiger partial charge < -0.3 is 0 Å². The van der Waals surface area contributed by atoms with Gasteiger partial charge in [0.1, 0.15) is 0 Å². The van der Waals surface area contributed by atoms with Crippen LogP contribution in [-0.4, -0.2) is 30.8 Å². The summed E-state index contributed by atoms with van der Waals surface area (Å²) < 4.78 is 26.5. The van der Waals surface area contributed by atoms with E-state index in [0.29, 0.717) is 19.0 Å². The molecule has 2 heterocycles. The third kappa shape index (κ3) is 2.81. The molecule has 0 amide bonds. The fourth-order valence-corrected chi connectivity index (χ4v) is 4.96. The van der Waals surface area contributed by atoms with E-state index < -0.39 is 10.0 Å². The molecule has 0 unspecified atom stereocenters. The normalized spacial score (nSPS) is 19.6. The SMILES string of the molecule is CCC1CCN(S(=O)(=O)c2cnc(Cl)s2)CC1. The highest BCUT2D eigenvalue weighted by molar-refractivity contribution is 7.91. The second-order valence-electron chi connectivity index (χ2n) is 4.19. The number of rotatable bonds is 3. The molecule has 1 aromatic rings. The maximum atomic E-state index is 12.2. The molecule has 0 saturated carbocycles. The van der Waals surface area contributed by atoms with Crippen LogP contribution in [0.2, 0.25) is 4.47 Å². The Labute approximate surface area is 111 Å². The van der Waals surface area contributed by atoms with Crippen LogP contribution >= 0.6 is 22.9 Å². The molecule has 1 aliphatic heterocycles. The maximum Gasteiger partial charge on any atom is 0.254 e. The van der Waals surface area contributed by atoms with Gasteiger partial charge in [-0.25, -0.2) is 13.4 Å². The van der Waals surface area contributed by atoms with E-state index in [4.69, 9.17) is 11.6 Å². The molecular weight excluding hydrogens is 280 g/mol. The zero-order valence-corrected chi connectivity index (χ0v) is 12.0. The number of piperidine rings is 1. The summed E-state index contributed by atoms with van der Waals surface area (Å²) in [6.45, 7) is 3.37. The number of nitrogens with zero attached hydrogens (tertiary/aromatic N) is 2. The minimum absolute atomic E-state index is 0.248. The quantitative estimate of drug-likeness (QED) is 0.861. The Morgan fingerprint density at radius 2 is 2.18 bits per heavy atom. The summed E-state index contributed by atoms with van der Waals surface area (Å²) in [5, 5.41) is 0. The highest BCUT2D eigenvalue weighted by Gasteiger charge is 2.30. The minimum atomic E-state index is -3.37. The summed E-state index contributed by atoms with van der Waals surface area (Å²) in [6.07, 6.45) is 4.36. The molecule has 1 fully saturated rings. The van der Waals surface area contributed by atoms with Crippen molar-refractivity contribution in [1.29, 1.82) is 0 Å².